The Labute approximate surface area is 123 Å². The molecule has 2 fully saturated rings. The van der Waals surface area contributed by atoms with Crippen molar-refractivity contribution in [3.8, 4) is 0 Å². The summed E-state index contributed by atoms with van der Waals surface area (Å²) in [6.45, 7) is 6.45. The lowest BCUT2D eigenvalue weighted by Crippen LogP contribution is -2.47. The fraction of sp³-hybridized carbons (Fsp3) is 1.00. The first kappa shape index (κ1) is 16.2. The van der Waals surface area contributed by atoms with Crippen LogP contribution in [0.4, 0.5) is 0 Å². The normalized spacial score (nSPS) is 25.1. The van der Waals surface area contributed by atoms with E-state index in [1.54, 1.807) is 0 Å². The SMILES string of the molecule is CCCCOCC(O)CN(CC1CCCCN1)C1CC1. The lowest BCUT2D eigenvalue weighted by atomic mass is 10.0. The van der Waals surface area contributed by atoms with E-state index < -0.39 is 0 Å². The van der Waals surface area contributed by atoms with Crippen molar-refractivity contribution in [3.63, 3.8) is 0 Å². The van der Waals surface area contributed by atoms with Gasteiger partial charge in [0.25, 0.3) is 0 Å². The molecule has 0 bridgehead atoms. The molecule has 4 nitrogen and oxygen atoms in total. The average Bonchev–Trinajstić information content (AvgIpc) is 3.29. The van der Waals surface area contributed by atoms with Gasteiger partial charge in [0.05, 0.1) is 12.7 Å². The van der Waals surface area contributed by atoms with Crippen LogP contribution in [-0.2, 0) is 4.74 Å². The number of ether oxygens (including phenoxy) is 1. The minimum absolute atomic E-state index is 0.337. The number of aliphatic hydroxyl groups is 1. The molecule has 2 N–H and O–H groups in total. The highest BCUT2D eigenvalue weighted by molar-refractivity contribution is 4.88. The summed E-state index contributed by atoms with van der Waals surface area (Å²) in [5, 5.41) is 13.7. The summed E-state index contributed by atoms with van der Waals surface area (Å²) in [6, 6.07) is 1.33. The molecular formula is C16H32N2O2. The molecule has 0 aromatic carbocycles. The molecule has 0 amide bonds. The molecular weight excluding hydrogens is 252 g/mol. The maximum atomic E-state index is 10.1. The third-order valence-corrected chi connectivity index (χ3v) is 4.33. The summed E-state index contributed by atoms with van der Waals surface area (Å²) >= 11 is 0. The van der Waals surface area contributed by atoms with Gasteiger partial charge in [0, 0.05) is 31.8 Å². The Balaban J connectivity index is 1.65. The van der Waals surface area contributed by atoms with Gasteiger partial charge in [0.2, 0.25) is 0 Å². The number of rotatable bonds is 10. The molecule has 20 heavy (non-hydrogen) atoms. The van der Waals surface area contributed by atoms with Crippen molar-refractivity contribution >= 4 is 0 Å². The van der Waals surface area contributed by atoms with Crippen molar-refractivity contribution in [2.75, 3.05) is 32.8 Å². The van der Waals surface area contributed by atoms with Crippen LogP contribution in [0.15, 0.2) is 0 Å². The zero-order valence-electron chi connectivity index (χ0n) is 13.0. The number of aliphatic hydroxyl groups excluding tert-OH is 1. The zero-order chi connectivity index (χ0) is 14.2. The van der Waals surface area contributed by atoms with Crippen molar-refractivity contribution in [1.82, 2.24) is 10.2 Å². The van der Waals surface area contributed by atoms with Gasteiger partial charge in [-0.15, -0.1) is 0 Å². The van der Waals surface area contributed by atoms with E-state index in [9.17, 15) is 5.11 Å². The summed E-state index contributed by atoms with van der Waals surface area (Å²) < 4.78 is 5.53. The summed E-state index contributed by atoms with van der Waals surface area (Å²) in [5.41, 5.74) is 0. The lowest BCUT2D eigenvalue weighted by molar-refractivity contribution is 0.0122. The van der Waals surface area contributed by atoms with Gasteiger partial charge < -0.3 is 15.2 Å². The number of unbranched alkanes of at least 4 members (excludes halogenated alkanes) is 1. The van der Waals surface area contributed by atoms with E-state index >= 15 is 0 Å². The molecule has 0 aromatic heterocycles. The van der Waals surface area contributed by atoms with Crippen LogP contribution in [0, 0.1) is 0 Å². The predicted octanol–water partition coefficient (Wildman–Crippen LogP) is 1.77. The van der Waals surface area contributed by atoms with Crippen LogP contribution in [0.1, 0.15) is 51.9 Å². The first-order chi connectivity index (χ1) is 9.79. The first-order valence-corrected chi connectivity index (χ1v) is 8.53. The monoisotopic (exact) mass is 284 g/mol. The Morgan fingerprint density at radius 3 is 2.80 bits per heavy atom. The van der Waals surface area contributed by atoms with Crippen molar-refractivity contribution in [2.24, 2.45) is 0 Å². The number of hydrogen-bond donors (Lipinski definition) is 2. The number of hydrogen-bond acceptors (Lipinski definition) is 4. The second-order valence-electron chi connectivity index (χ2n) is 6.41. The third kappa shape index (κ3) is 6.08. The largest absolute Gasteiger partial charge is 0.389 e. The van der Waals surface area contributed by atoms with Crippen LogP contribution in [0.2, 0.25) is 0 Å². The molecule has 0 aromatic rings. The molecule has 1 saturated carbocycles. The van der Waals surface area contributed by atoms with Gasteiger partial charge in [-0.05, 0) is 38.6 Å². The molecule has 1 aliphatic carbocycles. The molecule has 0 radical (unpaired) electrons. The standard InChI is InChI=1S/C16H32N2O2/c1-2-3-10-20-13-16(19)12-18(15-7-8-15)11-14-6-4-5-9-17-14/h14-17,19H,2-13H2,1H3. The van der Waals surface area contributed by atoms with Crippen LogP contribution >= 0.6 is 0 Å². The van der Waals surface area contributed by atoms with Crippen LogP contribution < -0.4 is 5.32 Å². The molecule has 2 rings (SSSR count). The van der Waals surface area contributed by atoms with Crippen LogP contribution in [-0.4, -0.2) is 61.0 Å². The van der Waals surface area contributed by atoms with Crippen molar-refractivity contribution in [1.29, 1.82) is 0 Å². The van der Waals surface area contributed by atoms with E-state index in [-0.39, 0.29) is 6.10 Å². The smallest absolute Gasteiger partial charge is 0.0900 e. The minimum Gasteiger partial charge on any atom is -0.389 e. The van der Waals surface area contributed by atoms with E-state index in [1.807, 2.05) is 0 Å². The fourth-order valence-electron chi connectivity index (χ4n) is 2.96. The van der Waals surface area contributed by atoms with Crippen molar-refractivity contribution in [2.45, 2.75) is 70.1 Å². The average molecular weight is 284 g/mol. The second kappa shape index (κ2) is 8.98. The van der Waals surface area contributed by atoms with Crippen LogP contribution in [0.5, 0.6) is 0 Å². The Kier molecular flexibility index (Phi) is 7.28. The quantitative estimate of drug-likeness (QED) is 0.600. The molecule has 2 unspecified atom stereocenters. The first-order valence-electron chi connectivity index (χ1n) is 8.53. The van der Waals surface area contributed by atoms with Crippen LogP contribution in [0.25, 0.3) is 0 Å². The zero-order valence-corrected chi connectivity index (χ0v) is 13.0. The summed E-state index contributed by atoms with van der Waals surface area (Å²) in [4.78, 5) is 2.48. The highest BCUT2D eigenvalue weighted by Gasteiger charge is 2.32. The van der Waals surface area contributed by atoms with Gasteiger partial charge in [0.15, 0.2) is 0 Å². The Morgan fingerprint density at radius 2 is 2.15 bits per heavy atom. The van der Waals surface area contributed by atoms with E-state index in [2.05, 4.69) is 17.1 Å². The van der Waals surface area contributed by atoms with Gasteiger partial charge >= 0.3 is 0 Å². The van der Waals surface area contributed by atoms with Crippen LogP contribution in [0.3, 0.4) is 0 Å². The van der Waals surface area contributed by atoms with E-state index in [0.29, 0.717) is 18.7 Å². The summed E-state index contributed by atoms with van der Waals surface area (Å²) in [7, 11) is 0. The number of piperidine rings is 1. The third-order valence-electron chi connectivity index (χ3n) is 4.33. The van der Waals surface area contributed by atoms with Gasteiger partial charge in [-0.25, -0.2) is 0 Å². The molecule has 1 saturated heterocycles. The van der Waals surface area contributed by atoms with E-state index in [4.69, 9.17) is 4.74 Å². The van der Waals surface area contributed by atoms with Gasteiger partial charge in [-0.3, -0.25) is 4.90 Å². The van der Waals surface area contributed by atoms with Gasteiger partial charge in [-0.1, -0.05) is 19.8 Å². The molecule has 1 heterocycles. The molecule has 1 aliphatic heterocycles. The molecule has 0 spiro atoms. The number of nitrogens with zero attached hydrogens (tertiary/aromatic N) is 1. The maximum Gasteiger partial charge on any atom is 0.0900 e. The Bertz CT molecular complexity index is 253. The van der Waals surface area contributed by atoms with Gasteiger partial charge in [0.1, 0.15) is 0 Å². The summed E-state index contributed by atoms with van der Waals surface area (Å²) in [5.74, 6) is 0. The summed E-state index contributed by atoms with van der Waals surface area (Å²) in [6.07, 6.45) is 8.45. The van der Waals surface area contributed by atoms with Crippen molar-refractivity contribution < 1.29 is 9.84 Å². The highest BCUT2D eigenvalue weighted by Crippen LogP contribution is 2.27. The van der Waals surface area contributed by atoms with E-state index in [0.717, 1.165) is 39.1 Å². The molecule has 118 valence electrons. The van der Waals surface area contributed by atoms with Crippen molar-refractivity contribution in [3.05, 3.63) is 0 Å². The molecule has 4 heteroatoms. The maximum absolute atomic E-state index is 10.1. The molecule has 2 aliphatic rings. The Morgan fingerprint density at radius 1 is 1.30 bits per heavy atom. The highest BCUT2D eigenvalue weighted by atomic mass is 16.5. The van der Waals surface area contributed by atoms with Gasteiger partial charge in [-0.2, -0.15) is 0 Å². The van der Waals surface area contributed by atoms with E-state index in [1.165, 1.54) is 32.1 Å². The fourth-order valence-corrected chi connectivity index (χ4v) is 2.96. The Hall–Kier alpha value is -0.160. The predicted molar refractivity (Wildman–Crippen MR) is 82.0 cm³/mol. The number of nitrogens with one attached hydrogen (secondary N) is 1. The topological polar surface area (TPSA) is 44.7 Å². The second-order valence-corrected chi connectivity index (χ2v) is 6.41. The molecule has 2 atom stereocenters. The minimum atomic E-state index is -0.337. The lowest BCUT2D eigenvalue weighted by Gasteiger charge is -2.31.